The molecule has 5 aromatic rings. The minimum atomic E-state index is -4.66. The zero-order valence-electron chi connectivity index (χ0n) is 34.7. The van der Waals surface area contributed by atoms with E-state index in [1.54, 1.807) is 36.4 Å². The van der Waals surface area contributed by atoms with Gasteiger partial charge in [-0.15, -0.1) is 35.5 Å². The Labute approximate surface area is 411 Å². The maximum absolute atomic E-state index is 11.7. The van der Waals surface area contributed by atoms with Gasteiger partial charge in [0.15, 0.2) is 0 Å². The summed E-state index contributed by atoms with van der Waals surface area (Å²) in [5, 5.41) is 29.9. The van der Waals surface area contributed by atoms with Gasteiger partial charge in [-0.1, -0.05) is 53.3 Å². The Morgan fingerprint density at radius 3 is 1.60 bits per heavy atom. The van der Waals surface area contributed by atoms with Crippen LogP contribution in [0.2, 0.25) is 20.1 Å². The van der Waals surface area contributed by atoms with Crippen LogP contribution in [0.15, 0.2) is 92.1 Å². The van der Waals surface area contributed by atoms with Crippen LogP contribution in [0.4, 0.5) is 28.7 Å². The Bertz CT molecular complexity index is 3050. The van der Waals surface area contributed by atoms with Crippen molar-refractivity contribution < 1.29 is 65.8 Å². The van der Waals surface area contributed by atoms with Crippen LogP contribution in [0.25, 0.3) is 0 Å². The summed E-state index contributed by atoms with van der Waals surface area (Å²) in [6.07, 6.45) is 0.763. The average Bonchev–Trinajstić information content (AvgIpc) is 3.24. The Kier molecular flexibility index (Phi) is 23.1. The van der Waals surface area contributed by atoms with Crippen LogP contribution in [-0.4, -0.2) is 103 Å². The Morgan fingerprint density at radius 2 is 1.13 bits per heavy atom. The molecular weight excluding hydrogens is 1070 g/mol. The molecule has 0 atom stereocenters. The van der Waals surface area contributed by atoms with Crippen LogP contribution in [0.3, 0.4) is 0 Å². The molecule has 0 aliphatic rings. The number of aromatic nitrogens is 3. The van der Waals surface area contributed by atoms with E-state index in [1.165, 1.54) is 24.3 Å². The van der Waals surface area contributed by atoms with Crippen LogP contribution < -0.4 is 14.8 Å². The van der Waals surface area contributed by atoms with Gasteiger partial charge >= 0.3 is 21.2 Å². The third kappa shape index (κ3) is 20.9. The van der Waals surface area contributed by atoms with Crippen molar-refractivity contribution in [2.24, 2.45) is 20.5 Å². The molecule has 4 aromatic carbocycles. The zero-order valence-corrected chi connectivity index (χ0v) is 41.0. The van der Waals surface area contributed by atoms with Crippen molar-refractivity contribution in [1.82, 2.24) is 15.0 Å². The van der Waals surface area contributed by atoms with E-state index in [4.69, 9.17) is 86.1 Å². The predicted octanol–water partition coefficient (Wildman–Crippen LogP) is 7.59. The molecule has 5 rings (SSSR count). The molecule has 0 radical (unpaired) electrons. The number of nitrogens with zero attached hydrogens (tertiary/aromatic N) is 7. The molecule has 0 saturated heterocycles. The van der Waals surface area contributed by atoms with Gasteiger partial charge < -0.3 is 19.9 Å². The van der Waals surface area contributed by atoms with Gasteiger partial charge in [-0.3, -0.25) is 9.11 Å². The molecule has 0 fully saturated rings. The number of nitrogens with one attached hydrogen (secondary N) is 1. The number of hydrogen-bond donors (Lipinski definition) is 4. The highest BCUT2D eigenvalue weighted by molar-refractivity contribution is 7.86. The smallest absolute Gasteiger partial charge is 0.425 e. The first kappa shape index (κ1) is 57.0. The van der Waals surface area contributed by atoms with Crippen molar-refractivity contribution in [3.05, 3.63) is 110 Å². The highest BCUT2D eigenvalue weighted by atomic mass is 35.5. The molecule has 4 N–H and O–H groups in total. The van der Waals surface area contributed by atoms with Gasteiger partial charge in [0.2, 0.25) is 5.95 Å². The molecule has 1 aromatic heterocycles. The molecule has 0 aliphatic carbocycles. The number of aliphatic hydroxyl groups excluding tert-OH is 1. The molecule has 0 aliphatic heterocycles. The molecular formula is C37H36Cl4N8O15S4. The first-order valence-corrected chi connectivity index (χ1v) is 25.4. The lowest BCUT2D eigenvalue weighted by Gasteiger charge is -2.15. The molecule has 366 valence electrons. The third-order valence-electron chi connectivity index (χ3n) is 7.91. The second-order valence-corrected chi connectivity index (χ2v) is 18.5. The van der Waals surface area contributed by atoms with E-state index in [9.17, 15) is 31.0 Å². The summed E-state index contributed by atoms with van der Waals surface area (Å²) in [5.74, 6) is 0.778. The molecule has 31 heteroatoms. The lowest BCUT2D eigenvalue weighted by Crippen LogP contribution is -2.14. The van der Waals surface area contributed by atoms with Crippen molar-refractivity contribution in [3.8, 4) is 11.5 Å². The summed E-state index contributed by atoms with van der Waals surface area (Å²) in [5.41, 5.74) is 2.09. The molecule has 0 unspecified atom stereocenters. The topological polar surface area (TPSA) is 350 Å². The van der Waals surface area contributed by atoms with Gasteiger partial charge in [-0.05, 0) is 67.4 Å². The van der Waals surface area contributed by atoms with E-state index in [0.717, 1.165) is 6.07 Å². The molecule has 23 nitrogen and oxygen atoms in total. The van der Waals surface area contributed by atoms with Gasteiger partial charge in [0.05, 0.1) is 52.0 Å². The normalized spacial score (nSPS) is 11.4. The fourth-order valence-electron chi connectivity index (χ4n) is 5.20. The Balaban J connectivity index is 0.00000142. The van der Waals surface area contributed by atoms with Gasteiger partial charge in [0, 0.05) is 47.7 Å². The van der Waals surface area contributed by atoms with Gasteiger partial charge in [-0.2, -0.15) is 37.0 Å². The monoisotopic (exact) mass is 1100 g/mol. The number of ether oxygens (including phenoxy) is 2. The van der Waals surface area contributed by atoms with Crippen molar-refractivity contribution >= 4 is 117 Å². The molecule has 68 heavy (non-hydrogen) atoms. The average molecular weight is 1100 g/mol. The zero-order chi connectivity index (χ0) is 50.6. The molecule has 0 saturated carbocycles. The van der Waals surface area contributed by atoms with Crippen LogP contribution in [0.1, 0.15) is 42.5 Å². The third-order valence-corrected chi connectivity index (χ3v) is 10.9. The standard InChI is InChI=1S/C37H36Cl4N8O9S2.2O3S/c1-2-12-57-32-20-30(48-46-25-6-4-24(38)5-7-25)28(40)15-22(32)17-35-43-36(45-37(44-35)42-10-11-50)18-23-16-29(41)31(21-33(23)58-13-3-14-59(51,52)53)49-47-26-8-9-27(39)34(19-26)60(54,55)56;2*1-4(2)3/h4-9,15-16,19-21,50H,2-3,10-14,17-18H2,1H3,(H,51,52,53)(H,54,55,56)(H,42,43,44,45);;. The van der Waals surface area contributed by atoms with Crippen molar-refractivity contribution in [2.75, 3.05) is 37.4 Å². The molecule has 0 bridgehead atoms. The van der Waals surface area contributed by atoms with E-state index in [2.05, 4.69) is 35.7 Å². The number of hydrogen-bond acceptors (Lipinski definition) is 21. The van der Waals surface area contributed by atoms with Crippen LogP contribution in [0, 0.1) is 0 Å². The second-order valence-electron chi connectivity index (χ2n) is 13.0. The Hall–Kier alpha value is -5.33. The SMILES string of the molecule is CCCOc1cc(N=Nc2ccc(Cl)cc2)c(Cl)cc1Cc1nc(Cc2cc(Cl)c(N=Nc3ccc(Cl)c(S(=O)(=O)O)c3)cc2OCCCS(=O)(=O)O)nc(NCCO)n1.O=S(=O)=O.O=S(=O)=O. The fourth-order valence-corrected chi connectivity index (χ4v) is 7.25. The number of aliphatic hydroxyl groups is 1. The molecule has 0 amide bonds. The Morgan fingerprint density at radius 1 is 0.647 bits per heavy atom. The number of anilines is 1. The van der Waals surface area contributed by atoms with Gasteiger partial charge in [0.1, 0.15) is 39.4 Å². The van der Waals surface area contributed by atoms with E-state index in [1.807, 2.05) is 6.92 Å². The maximum Gasteiger partial charge on any atom is 0.425 e. The van der Waals surface area contributed by atoms with Crippen LogP contribution in [0.5, 0.6) is 11.5 Å². The molecule has 1 heterocycles. The number of benzene rings is 4. The van der Waals surface area contributed by atoms with Crippen molar-refractivity contribution in [3.63, 3.8) is 0 Å². The van der Waals surface area contributed by atoms with Crippen molar-refractivity contribution in [1.29, 1.82) is 0 Å². The summed E-state index contributed by atoms with van der Waals surface area (Å²) in [6.45, 7) is 2.11. The van der Waals surface area contributed by atoms with E-state index in [0.29, 0.717) is 52.1 Å². The van der Waals surface area contributed by atoms with Crippen LogP contribution in [-0.2, 0) is 54.3 Å². The minimum Gasteiger partial charge on any atom is -0.493 e. The number of rotatable bonds is 20. The summed E-state index contributed by atoms with van der Waals surface area (Å²) < 4.78 is 128. The maximum atomic E-state index is 11.7. The highest BCUT2D eigenvalue weighted by Gasteiger charge is 2.19. The summed E-state index contributed by atoms with van der Waals surface area (Å²) in [4.78, 5) is 13.2. The number of halogens is 4. The first-order chi connectivity index (χ1) is 32.0. The highest BCUT2D eigenvalue weighted by Crippen LogP contribution is 2.38. The lowest BCUT2D eigenvalue weighted by molar-refractivity contribution is 0.310. The predicted molar refractivity (Wildman–Crippen MR) is 247 cm³/mol. The minimum absolute atomic E-state index is 0.00697. The summed E-state index contributed by atoms with van der Waals surface area (Å²) in [7, 11) is -15.2. The van der Waals surface area contributed by atoms with E-state index in [-0.39, 0.29) is 83.0 Å². The largest absolute Gasteiger partial charge is 0.493 e. The summed E-state index contributed by atoms with van der Waals surface area (Å²) >= 11 is 25.3. The van der Waals surface area contributed by atoms with Crippen molar-refractivity contribution in [2.45, 2.75) is 37.5 Å². The second kappa shape index (κ2) is 27.6. The fraction of sp³-hybridized carbons (Fsp3) is 0.270. The first-order valence-electron chi connectivity index (χ1n) is 18.8. The number of azo groups is 2. The van der Waals surface area contributed by atoms with Crippen LogP contribution >= 0.6 is 46.4 Å². The molecule has 0 spiro atoms. The van der Waals surface area contributed by atoms with E-state index < -0.39 is 52.1 Å². The lowest BCUT2D eigenvalue weighted by atomic mass is 10.1. The quantitative estimate of drug-likeness (QED) is 0.0331. The van der Waals surface area contributed by atoms with Gasteiger partial charge in [0.25, 0.3) is 20.2 Å². The summed E-state index contributed by atoms with van der Waals surface area (Å²) in [6, 6.07) is 16.7. The van der Waals surface area contributed by atoms with Gasteiger partial charge in [-0.25, -0.2) is 4.98 Å². The van der Waals surface area contributed by atoms with E-state index >= 15 is 0 Å².